The van der Waals surface area contributed by atoms with Crippen LogP contribution in [0.4, 0.5) is 0 Å². The van der Waals surface area contributed by atoms with Crippen LogP contribution in [0.25, 0.3) is 0 Å². The molecule has 0 aliphatic carbocycles. The fourth-order valence-corrected chi connectivity index (χ4v) is 1.40. The highest BCUT2D eigenvalue weighted by molar-refractivity contribution is 6.19. The first-order valence-corrected chi connectivity index (χ1v) is 4.74. The van der Waals surface area contributed by atoms with E-state index in [1.807, 2.05) is 0 Å². The Hall–Kier alpha value is -1.98. The summed E-state index contributed by atoms with van der Waals surface area (Å²) in [5.74, 6) is -3.24. The predicted octanol–water partition coefficient (Wildman–Crippen LogP) is -0.422. The second-order valence-corrected chi connectivity index (χ2v) is 3.25. The molecule has 0 saturated heterocycles. The number of nitrogens with two attached hydrogens (primary N) is 1. The average molecular weight is 224 g/mol. The lowest BCUT2D eigenvalue weighted by molar-refractivity contribution is -0.137. The van der Waals surface area contributed by atoms with Crippen LogP contribution in [-0.2, 0) is 19.1 Å². The van der Waals surface area contributed by atoms with Gasteiger partial charge in [-0.25, -0.2) is 9.79 Å². The highest BCUT2D eigenvalue weighted by atomic mass is 16.5. The van der Waals surface area contributed by atoms with Crippen LogP contribution in [0.3, 0.4) is 0 Å². The molecule has 6 nitrogen and oxygen atoms in total. The molecule has 0 fully saturated rings. The van der Waals surface area contributed by atoms with Crippen molar-refractivity contribution in [1.29, 1.82) is 0 Å². The molecule has 1 rings (SSSR count). The molecule has 6 heteroatoms. The van der Waals surface area contributed by atoms with Crippen molar-refractivity contribution in [2.45, 2.75) is 13.8 Å². The quantitative estimate of drug-likeness (QED) is 0.519. The molecule has 2 amide bonds. The number of carbonyl (C=O) groups is 3. The largest absolute Gasteiger partial charge is 0.462 e. The highest BCUT2D eigenvalue weighted by Crippen LogP contribution is 2.20. The van der Waals surface area contributed by atoms with E-state index < -0.39 is 23.7 Å². The normalized spacial score (nSPS) is 19.9. The summed E-state index contributed by atoms with van der Waals surface area (Å²) in [4.78, 5) is 37.2. The zero-order chi connectivity index (χ0) is 12.3. The van der Waals surface area contributed by atoms with Gasteiger partial charge in [-0.3, -0.25) is 9.59 Å². The van der Waals surface area contributed by atoms with Crippen molar-refractivity contribution in [3.8, 4) is 0 Å². The predicted molar refractivity (Wildman–Crippen MR) is 55.5 cm³/mol. The maximum absolute atomic E-state index is 11.4. The van der Waals surface area contributed by atoms with Crippen molar-refractivity contribution in [3.05, 3.63) is 11.1 Å². The number of primary amides is 1. The van der Waals surface area contributed by atoms with Gasteiger partial charge >= 0.3 is 5.97 Å². The van der Waals surface area contributed by atoms with Gasteiger partial charge in [0.25, 0.3) is 5.91 Å². The molecule has 1 atom stereocenters. The fourth-order valence-electron chi connectivity index (χ4n) is 1.40. The number of hydrogen-bond donors (Lipinski definition) is 1. The number of aliphatic imine (C=N–C) groups is 1. The van der Waals surface area contributed by atoms with Crippen LogP contribution in [0.2, 0.25) is 0 Å². The molecule has 1 unspecified atom stereocenters. The highest BCUT2D eigenvalue weighted by Gasteiger charge is 2.32. The summed E-state index contributed by atoms with van der Waals surface area (Å²) >= 11 is 0. The first kappa shape index (κ1) is 12.1. The maximum atomic E-state index is 11.4. The molecule has 16 heavy (non-hydrogen) atoms. The Kier molecular flexibility index (Phi) is 3.55. The SMILES string of the molecule is CCOC(=O)C1=C(C)C(C(N)=O)C(=O)N=C1. The van der Waals surface area contributed by atoms with Gasteiger partial charge in [-0.05, 0) is 19.4 Å². The summed E-state index contributed by atoms with van der Waals surface area (Å²) in [6, 6.07) is 0. The van der Waals surface area contributed by atoms with E-state index in [0.29, 0.717) is 0 Å². The number of dihydropyridines is 1. The van der Waals surface area contributed by atoms with Crippen LogP contribution in [0.5, 0.6) is 0 Å². The molecule has 0 aromatic carbocycles. The van der Waals surface area contributed by atoms with Gasteiger partial charge in [0.2, 0.25) is 5.91 Å². The number of nitrogens with zero attached hydrogens (tertiary/aromatic N) is 1. The van der Waals surface area contributed by atoms with Crippen molar-refractivity contribution >= 4 is 24.0 Å². The Balaban J connectivity index is 3.09. The monoisotopic (exact) mass is 224 g/mol. The minimum absolute atomic E-state index is 0.116. The summed E-state index contributed by atoms with van der Waals surface area (Å²) < 4.78 is 4.76. The first-order chi connectivity index (χ1) is 7.49. The van der Waals surface area contributed by atoms with E-state index in [1.165, 1.54) is 6.92 Å². The number of rotatable bonds is 3. The zero-order valence-electron chi connectivity index (χ0n) is 9.02. The van der Waals surface area contributed by atoms with Crippen molar-refractivity contribution in [1.82, 2.24) is 0 Å². The van der Waals surface area contributed by atoms with Gasteiger partial charge < -0.3 is 10.5 Å². The Labute approximate surface area is 92.2 Å². The molecular weight excluding hydrogens is 212 g/mol. The number of ether oxygens (including phenoxy) is 1. The second-order valence-electron chi connectivity index (χ2n) is 3.25. The van der Waals surface area contributed by atoms with Gasteiger partial charge in [-0.15, -0.1) is 0 Å². The third-order valence-electron chi connectivity index (χ3n) is 2.21. The Morgan fingerprint density at radius 2 is 2.19 bits per heavy atom. The first-order valence-electron chi connectivity index (χ1n) is 4.74. The fraction of sp³-hybridized carbons (Fsp3) is 0.400. The van der Waals surface area contributed by atoms with Gasteiger partial charge in [-0.1, -0.05) is 0 Å². The van der Waals surface area contributed by atoms with Crippen molar-refractivity contribution in [2.24, 2.45) is 16.6 Å². The molecule has 0 bridgehead atoms. The summed E-state index contributed by atoms with van der Waals surface area (Å²) in [7, 11) is 0. The third kappa shape index (κ3) is 2.16. The standard InChI is InChI=1S/C10H12N2O4/c1-3-16-10(15)6-4-12-9(14)7(5(6)2)8(11)13/h4,7H,3H2,1-2H3,(H2,11,13). The number of amides is 2. The molecule has 0 aromatic rings. The van der Waals surface area contributed by atoms with Crippen LogP contribution in [0.15, 0.2) is 16.1 Å². The molecule has 0 radical (unpaired) electrons. The summed E-state index contributed by atoms with van der Waals surface area (Å²) in [5, 5.41) is 0. The minimum Gasteiger partial charge on any atom is -0.462 e. The molecule has 1 aliphatic heterocycles. The van der Waals surface area contributed by atoms with E-state index in [2.05, 4.69) is 4.99 Å². The van der Waals surface area contributed by atoms with Crippen LogP contribution in [-0.4, -0.2) is 30.6 Å². The number of hydrogen-bond acceptors (Lipinski definition) is 4. The van der Waals surface area contributed by atoms with Crippen molar-refractivity contribution in [3.63, 3.8) is 0 Å². The lowest BCUT2D eigenvalue weighted by Gasteiger charge is -2.16. The molecule has 0 spiro atoms. The third-order valence-corrected chi connectivity index (χ3v) is 2.21. The molecular formula is C10H12N2O4. The lowest BCUT2D eigenvalue weighted by atomic mass is 9.92. The van der Waals surface area contributed by atoms with Crippen LogP contribution in [0, 0.1) is 5.92 Å². The Morgan fingerprint density at radius 1 is 1.56 bits per heavy atom. The van der Waals surface area contributed by atoms with Gasteiger partial charge in [0, 0.05) is 6.21 Å². The van der Waals surface area contributed by atoms with Crippen LogP contribution >= 0.6 is 0 Å². The minimum atomic E-state index is -1.16. The van der Waals surface area contributed by atoms with Gasteiger partial charge in [0.1, 0.15) is 5.92 Å². The topological polar surface area (TPSA) is 98.8 Å². The van der Waals surface area contributed by atoms with E-state index in [1.54, 1.807) is 6.92 Å². The molecule has 0 saturated carbocycles. The van der Waals surface area contributed by atoms with E-state index in [0.717, 1.165) is 6.21 Å². The zero-order valence-corrected chi connectivity index (χ0v) is 9.02. The van der Waals surface area contributed by atoms with Gasteiger partial charge in [0.15, 0.2) is 0 Å². The molecule has 86 valence electrons. The van der Waals surface area contributed by atoms with Crippen LogP contribution < -0.4 is 5.73 Å². The Morgan fingerprint density at radius 3 is 2.69 bits per heavy atom. The molecule has 0 aromatic heterocycles. The smallest absolute Gasteiger partial charge is 0.339 e. The van der Waals surface area contributed by atoms with Gasteiger partial charge in [0.05, 0.1) is 12.2 Å². The number of carbonyl (C=O) groups excluding carboxylic acids is 3. The molecule has 2 N–H and O–H groups in total. The van der Waals surface area contributed by atoms with E-state index in [4.69, 9.17) is 10.5 Å². The average Bonchev–Trinajstić information content (AvgIpc) is 2.17. The second kappa shape index (κ2) is 4.69. The number of esters is 1. The van der Waals surface area contributed by atoms with Crippen molar-refractivity contribution < 1.29 is 19.1 Å². The lowest BCUT2D eigenvalue weighted by Crippen LogP contribution is -2.34. The van der Waals surface area contributed by atoms with E-state index in [9.17, 15) is 14.4 Å². The van der Waals surface area contributed by atoms with Crippen LogP contribution in [0.1, 0.15) is 13.8 Å². The van der Waals surface area contributed by atoms with Gasteiger partial charge in [-0.2, -0.15) is 0 Å². The van der Waals surface area contributed by atoms with Crippen molar-refractivity contribution in [2.75, 3.05) is 6.61 Å². The summed E-state index contributed by atoms with van der Waals surface area (Å²) in [6.07, 6.45) is 1.11. The molecule has 1 aliphatic rings. The summed E-state index contributed by atoms with van der Waals surface area (Å²) in [6.45, 7) is 3.36. The molecule has 1 heterocycles. The Bertz CT molecular complexity index is 409. The van der Waals surface area contributed by atoms with E-state index in [-0.39, 0.29) is 17.8 Å². The maximum Gasteiger partial charge on any atom is 0.339 e. The van der Waals surface area contributed by atoms with E-state index >= 15 is 0 Å². The summed E-state index contributed by atoms with van der Waals surface area (Å²) in [5.41, 5.74) is 5.46.